The van der Waals surface area contributed by atoms with Crippen LogP contribution >= 0.6 is 31.9 Å². The topological polar surface area (TPSA) is 144 Å². The van der Waals surface area contributed by atoms with Gasteiger partial charge in [0.25, 0.3) is 5.91 Å². The van der Waals surface area contributed by atoms with Gasteiger partial charge in [0.05, 0.1) is 28.9 Å². The van der Waals surface area contributed by atoms with Crippen LogP contribution in [0.1, 0.15) is 94.8 Å². The Hall–Kier alpha value is -8.23. The summed E-state index contributed by atoms with van der Waals surface area (Å²) < 4.78 is 2.02. The average molecular weight is 1280 g/mol. The first-order valence-electron chi connectivity index (χ1n) is 29.6. The smallest absolute Gasteiger partial charge is 0.255 e. The number of amides is 2. The van der Waals surface area contributed by atoms with Crippen LogP contribution in [0.5, 0.6) is 0 Å². The van der Waals surface area contributed by atoms with Crippen LogP contribution in [0.2, 0.25) is 0 Å². The zero-order chi connectivity index (χ0) is 61.0. The van der Waals surface area contributed by atoms with Gasteiger partial charge in [0.1, 0.15) is 0 Å². The van der Waals surface area contributed by atoms with Gasteiger partial charge < -0.3 is 20.9 Å². The van der Waals surface area contributed by atoms with Crippen LogP contribution < -0.4 is 16.0 Å². The maximum absolute atomic E-state index is 11.9. The third-order valence-corrected chi connectivity index (χ3v) is 15.5. The molecule has 11 nitrogen and oxygen atoms in total. The fraction of sp³-hybridized carbons (Fsp3) is 0.247. The van der Waals surface area contributed by atoms with Crippen LogP contribution in [-0.2, 0) is 11.3 Å². The predicted octanol–water partition coefficient (Wildman–Crippen LogP) is 18.9. The van der Waals surface area contributed by atoms with Gasteiger partial charge in [-0.1, -0.05) is 148 Å². The minimum atomic E-state index is -0.100. The van der Waals surface area contributed by atoms with Gasteiger partial charge in [0, 0.05) is 66.4 Å². The summed E-state index contributed by atoms with van der Waals surface area (Å²) in [7, 11) is 0. The molecule has 0 atom stereocenters. The molecule has 0 bridgehead atoms. The molecule has 4 heterocycles. The molecule has 1 saturated heterocycles. The fourth-order valence-corrected chi connectivity index (χ4v) is 10.6. The van der Waals surface area contributed by atoms with E-state index in [4.69, 9.17) is 0 Å². The van der Waals surface area contributed by atoms with Crippen molar-refractivity contribution in [2.75, 3.05) is 35.6 Å². The molecule has 2 aliphatic rings. The summed E-state index contributed by atoms with van der Waals surface area (Å²) in [5.74, 6) is 0.334. The zero-order valence-corrected chi connectivity index (χ0v) is 53.8. The Morgan fingerprint density at radius 2 is 1.10 bits per heavy atom. The SMILES string of the molecule is CCN1CCCC1.Cc1ccc2[nH]ncc2c1.Cc1ccc2cn[nH]c2c1.Cc1cccc(NC(=O)C2CCCC2)c1.Cc1cccc(NC(=O)c2cccc(Br)c2)c1.Cc1cccc(NCc2cccc(Br)c2)c1.Cc1cccc2ncccc12. The zero-order valence-electron chi connectivity index (χ0n) is 50.6. The van der Waals surface area contributed by atoms with Crippen LogP contribution in [0, 0.1) is 47.5 Å². The lowest BCUT2D eigenvalue weighted by atomic mass is 10.1. The van der Waals surface area contributed by atoms with E-state index in [-0.39, 0.29) is 17.7 Å². The van der Waals surface area contributed by atoms with Crippen LogP contribution in [0.3, 0.4) is 0 Å². The normalized spacial score (nSPS) is 12.4. The predicted molar refractivity (Wildman–Crippen MR) is 367 cm³/mol. The third kappa shape index (κ3) is 22.3. The van der Waals surface area contributed by atoms with E-state index in [2.05, 4.69) is 198 Å². The lowest BCUT2D eigenvalue weighted by Gasteiger charge is -2.10. The summed E-state index contributed by atoms with van der Waals surface area (Å²) in [6, 6.07) is 62.4. The third-order valence-electron chi connectivity index (χ3n) is 14.5. The summed E-state index contributed by atoms with van der Waals surface area (Å²) >= 11 is 6.82. The van der Waals surface area contributed by atoms with Gasteiger partial charge in [0.2, 0.25) is 5.91 Å². The lowest BCUT2D eigenvalue weighted by molar-refractivity contribution is -0.119. The van der Waals surface area contributed by atoms with E-state index < -0.39 is 0 Å². The van der Waals surface area contributed by atoms with E-state index in [1.54, 1.807) is 12.1 Å². The molecule has 13 rings (SSSR count). The fourth-order valence-electron chi connectivity index (χ4n) is 9.79. The number of halogens is 2. The van der Waals surface area contributed by atoms with Crippen LogP contribution in [0.4, 0.5) is 17.1 Å². The van der Waals surface area contributed by atoms with E-state index >= 15 is 0 Å². The summed E-state index contributed by atoms with van der Waals surface area (Å²) in [6.07, 6.45) is 12.8. The number of pyridine rings is 1. The highest BCUT2D eigenvalue weighted by Gasteiger charge is 2.22. The number of rotatable bonds is 8. The van der Waals surface area contributed by atoms with Crippen molar-refractivity contribution < 1.29 is 9.59 Å². The molecule has 1 saturated carbocycles. The van der Waals surface area contributed by atoms with Gasteiger partial charge in [-0.05, 0) is 217 Å². The Morgan fingerprint density at radius 3 is 1.74 bits per heavy atom. The molecule has 8 aromatic carbocycles. The highest BCUT2D eigenvalue weighted by atomic mass is 79.9. The molecular formula is C73H81Br2N9O2. The number of nitrogens with one attached hydrogen (secondary N) is 5. The quantitative estimate of drug-likeness (QED) is 0.102. The average Bonchev–Trinajstić information content (AvgIpc) is 4.47. The first-order valence-corrected chi connectivity index (χ1v) is 31.1. The van der Waals surface area contributed by atoms with E-state index in [0.29, 0.717) is 5.56 Å². The van der Waals surface area contributed by atoms with Crippen molar-refractivity contribution in [2.45, 2.75) is 93.5 Å². The Labute approximate surface area is 525 Å². The number of hydrogen-bond acceptors (Lipinski definition) is 7. The van der Waals surface area contributed by atoms with E-state index in [9.17, 15) is 9.59 Å². The number of benzene rings is 8. The summed E-state index contributed by atoms with van der Waals surface area (Å²) in [4.78, 5) is 30.5. The molecular weight excluding hydrogens is 1190 g/mol. The number of aromatic nitrogens is 5. The largest absolute Gasteiger partial charge is 0.381 e. The van der Waals surface area contributed by atoms with Crippen LogP contribution in [0.15, 0.2) is 216 Å². The van der Waals surface area contributed by atoms with Crippen molar-refractivity contribution >= 4 is 93.4 Å². The van der Waals surface area contributed by atoms with E-state index in [1.807, 2.05) is 123 Å². The molecule has 86 heavy (non-hydrogen) atoms. The van der Waals surface area contributed by atoms with Gasteiger partial charge in [-0.3, -0.25) is 24.8 Å². The number of carbonyl (C=O) groups is 2. The van der Waals surface area contributed by atoms with Crippen molar-refractivity contribution in [2.24, 2.45) is 5.92 Å². The minimum Gasteiger partial charge on any atom is -0.381 e. The molecule has 2 fully saturated rings. The molecule has 0 radical (unpaired) electrons. The Bertz CT molecular complexity index is 3740. The van der Waals surface area contributed by atoms with Gasteiger partial charge in [0.15, 0.2) is 0 Å². The molecule has 11 aromatic rings. The Morgan fingerprint density at radius 1 is 0.535 bits per heavy atom. The molecule has 2 amide bonds. The summed E-state index contributed by atoms with van der Waals surface area (Å²) in [5.41, 5.74) is 15.5. The first-order chi connectivity index (χ1) is 41.7. The Balaban J connectivity index is 0.000000146. The monoisotopic (exact) mass is 1270 g/mol. The standard InChI is InChI=1S/C14H12BrNO.C14H14BrN.C13H17NO.C10H9N.2C8H8N2.C6H13N/c1-10-4-2-7-13(8-10)16-14(17)11-5-3-6-12(15)9-11;1-11-4-2-7-14(8-11)16-10-12-5-3-6-13(15)9-12;1-10-5-4-8-12(9-10)14-13(15)11-6-2-3-7-11;1-8-4-2-6-10-9(8)5-3-7-11-10;1-6-2-3-8-7(4-6)5-9-10-8;1-6-2-3-7-5-9-10-8(7)4-6;1-2-7-5-3-4-6-7/h2-9H,1H3,(H,16,17);2-9,16H,10H2,1H3;4-5,8-9,11H,2-3,6-7H2,1H3,(H,14,15);2-7H,1H3;2*2-5H,1H3,(H,9,10);2-6H2,1H3. The number of nitrogens with zero attached hydrogens (tertiary/aromatic N) is 4. The lowest BCUT2D eigenvalue weighted by Crippen LogP contribution is -2.20. The summed E-state index contributed by atoms with van der Waals surface area (Å²) in [6.45, 7) is 19.4. The molecule has 5 N–H and O–H groups in total. The van der Waals surface area contributed by atoms with Gasteiger partial charge in [-0.25, -0.2) is 0 Å². The Kier molecular flexibility index (Phi) is 26.3. The number of fused-ring (bicyclic) bond motifs is 3. The number of likely N-dealkylation sites (tertiary alicyclic amines) is 1. The van der Waals surface area contributed by atoms with E-state index in [1.165, 1.54) is 101 Å². The van der Waals surface area contributed by atoms with Crippen molar-refractivity contribution in [3.05, 3.63) is 260 Å². The van der Waals surface area contributed by atoms with Crippen molar-refractivity contribution in [1.29, 1.82) is 0 Å². The molecule has 444 valence electrons. The van der Waals surface area contributed by atoms with Gasteiger partial charge >= 0.3 is 0 Å². The molecule has 13 heteroatoms. The number of carbonyl (C=O) groups excluding carboxylic acids is 2. The highest BCUT2D eigenvalue weighted by molar-refractivity contribution is 9.10. The molecule has 1 aliphatic carbocycles. The number of anilines is 3. The number of hydrogen-bond donors (Lipinski definition) is 5. The van der Waals surface area contributed by atoms with Crippen molar-refractivity contribution in [3.63, 3.8) is 0 Å². The van der Waals surface area contributed by atoms with Crippen molar-refractivity contribution in [1.82, 2.24) is 30.3 Å². The summed E-state index contributed by atoms with van der Waals surface area (Å²) in [5, 5.41) is 26.5. The maximum atomic E-state index is 11.9. The molecule has 1 aliphatic heterocycles. The second-order valence-corrected chi connectivity index (χ2v) is 23.6. The number of aromatic amines is 2. The first kappa shape index (κ1) is 65.3. The van der Waals surface area contributed by atoms with Crippen LogP contribution in [0.25, 0.3) is 32.7 Å². The second-order valence-electron chi connectivity index (χ2n) is 21.7. The van der Waals surface area contributed by atoms with E-state index in [0.717, 1.165) is 61.8 Å². The van der Waals surface area contributed by atoms with Gasteiger partial charge in [-0.2, -0.15) is 10.2 Å². The minimum absolute atomic E-state index is 0.100. The molecule has 0 spiro atoms. The molecule has 0 unspecified atom stereocenters. The maximum Gasteiger partial charge on any atom is 0.255 e. The highest BCUT2D eigenvalue weighted by Crippen LogP contribution is 2.26. The van der Waals surface area contributed by atoms with Gasteiger partial charge in [-0.15, -0.1) is 0 Å². The molecule has 3 aromatic heterocycles. The van der Waals surface area contributed by atoms with Crippen molar-refractivity contribution in [3.8, 4) is 0 Å². The second kappa shape index (κ2) is 34.7. The number of H-pyrrole nitrogens is 2. The van der Waals surface area contributed by atoms with Crippen LogP contribution in [-0.4, -0.2) is 61.7 Å². The number of aryl methyl sites for hydroxylation is 6.